The predicted octanol–water partition coefficient (Wildman–Crippen LogP) is 2.38. The number of nitrogens with one attached hydrogen (secondary N) is 1. The van der Waals surface area contributed by atoms with E-state index < -0.39 is 0 Å². The zero-order chi connectivity index (χ0) is 11.8. The summed E-state index contributed by atoms with van der Waals surface area (Å²) in [6.45, 7) is 3.50. The molecule has 0 spiro atoms. The minimum Gasteiger partial charge on any atom is -0.493 e. The normalized spacial score (nSPS) is 12.4. The van der Waals surface area contributed by atoms with Crippen LogP contribution in [-0.4, -0.2) is 27.4 Å². The Hall–Kier alpha value is -1.06. The third-order valence-electron chi connectivity index (χ3n) is 2.44. The van der Waals surface area contributed by atoms with Crippen molar-refractivity contribution in [1.29, 1.82) is 0 Å². The van der Waals surface area contributed by atoms with Crippen LogP contribution >= 0.6 is 0 Å². The van der Waals surface area contributed by atoms with Gasteiger partial charge in [-0.1, -0.05) is 25.1 Å². The summed E-state index contributed by atoms with van der Waals surface area (Å²) in [6, 6.07) is 8.27. The van der Waals surface area contributed by atoms with Crippen LogP contribution in [0.4, 0.5) is 0 Å². The second kappa shape index (κ2) is 7.25. The average Bonchev–Trinajstić information content (AvgIpc) is 2.34. The number of para-hydroxylation sites is 1. The van der Waals surface area contributed by atoms with Crippen LogP contribution in [-0.2, 0) is 4.74 Å². The topological polar surface area (TPSA) is 30.5 Å². The molecule has 0 fully saturated rings. The highest BCUT2D eigenvalue weighted by molar-refractivity contribution is 5.36. The van der Waals surface area contributed by atoms with E-state index in [4.69, 9.17) is 9.47 Å². The first-order valence-corrected chi connectivity index (χ1v) is 5.71. The lowest BCUT2D eigenvalue weighted by atomic mass is 10.1. The third kappa shape index (κ3) is 3.51. The average molecular weight is 223 g/mol. The van der Waals surface area contributed by atoms with E-state index in [1.807, 2.05) is 25.2 Å². The first-order chi connectivity index (χ1) is 7.83. The number of methoxy groups -OCH3 is 1. The Morgan fingerprint density at radius 3 is 2.69 bits per heavy atom. The van der Waals surface area contributed by atoms with E-state index in [9.17, 15) is 0 Å². The van der Waals surface area contributed by atoms with Gasteiger partial charge in [-0.15, -0.1) is 0 Å². The summed E-state index contributed by atoms with van der Waals surface area (Å²) in [5.41, 5.74) is 1.15. The molecule has 0 radical (unpaired) electrons. The summed E-state index contributed by atoms with van der Waals surface area (Å²) in [5, 5.41) is 3.23. The van der Waals surface area contributed by atoms with Crippen molar-refractivity contribution < 1.29 is 9.47 Å². The second-order valence-corrected chi connectivity index (χ2v) is 3.68. The van der Waals surface area contributed by atoms with Crippen LogP contribution in [0.2, 0.25) is 0 Å². The standard InChI is InChI=1S/C13H21NO2/c1-4-9-16-13-8-6-5-7-11(13)12(14-2)10-15-3/h5-8,12,14H,4,9-10H2,1-3H3. The third-order valence-corrected chi connectivity index (χ3v) is 2.44. The highest BCUT2D eigenvalue weighted by Gasteiger charge is 2.13. The summed E-state index contributed by atoms with van der Waals surface area (Å²) in [6.07, 6.45) is 1.02. The van der Waals surface area contributed by atoms with Gasteiger partial charge in [0.05, 0.1) is 19.3 Å². The molecular weight excluding hydrogens is 202 g/mol. The van der Waals surface area contributed by atoms with Crippen molar-refractivity contribution in [3.63, 3.8) is 0 Å². The summed E-state index contributed by atoms with van der Waals surface area (Å²) < 4.78 is 10.9. The Morgan fingerprint density at radius 2 is 2.06 bits per heavy atom. The Bertz CT molecular complexity index is 302. The van der Waals surface area contributed by atoms with E-state index in [0.717, 1.165) is 24.3 Å². The highest BCUT2D eigenvalue weighted by Crippen LogP contribution is 2.25. The van der Waals surface area contributed by atoms with Crippen molar-refractivity contribution in [2.24, 2.45) is 0 Å². The second-order valence-electron chi connectivity index (χ2n) is 3.68. The molecule has 0 amide bonds. The van der Waals surface area contributed by atoms with Gasteiger partial charge >= 0.3 is 0 Å². The minimum atomic E-state index is 0.179. The Labute approximate surface area is 97.8 Å². The number of hydrogen-bond acceptors (Lipinski definition) is 3. The van der Waals surface area contributed by atoms with Crippen molar-refractivity contribution in [1.82, 2.24) is 5.32 Å². The monoisotopic (exact) mass is 223 g/mol. The number of likely N-dealkylation sites (N-methyl/N-ethyl adjacent to an activating group) is 1. The van der Waals surface area contributed by atoms with Gasteiger partial charge in [0.1, 0.15) is 5.75 Å². The van der Waals surface area contributed by atoms with Gasteiger partial charge in [0.15, 0.2) is 0 Å². The quantitative estimate of drug-likeness (QED) is 0.770. The summed E-state index contributed by atoms with van der Waals surface area (Å²) >= 11 is 0. The van der Waals surface area contributed by atoms with E-state index >= 15 is 0 Å². The van der Waals surface area contributed by atoms with Crippen LogP contribution in [0.1, 0.15) is 24.9 Å². The van der Waals surface area contributed by atoms with Crippen molar-refractivity contribution in [3.05, 3.63) is 29.8 Å². The van der Waals surface area contributed by atoms with Gasteiger partial charge < -0.3 is 14.8 Å². The van der Waals surface area contributed by atoms with E-state index in [0.29, 0.717) is 6.61 Å². The van der Waals surface area contributed by atoms with Crippen LogP contribution in [0.25, 0.3) is 0 Å². The highest BCUT2D eigenvalue weighted by atomic mass is 16.5. The smallest absolute Gasteiger partial charge is 0.124 e. The maximum Gasteiger partial charge on any atom is 0.124 e. The van der Waals surface area contributed by atoms with Crippen LogP contribution in [0, 0.1) is 0 Å². The molecule has 16 heavy (non-hydrogen) atoms. The van der Waals surface area contributed by atoms with E-state index in [2.05, 4.69) is 18.3 Å². The molecule has 0 saturated heterocycles. The number of hydrogen-bond donors (Lipinski definition) is 1. The fraction of sp³-hybridized carbons (Fsp3) is 0.538. The molecule has 1 atom stereocenters. The first-order valence-electron chi connectivity index (χ1n) is 5.71. The lowest BCUT2D eigenvalue weighted by Gasteiger charge is -2.19. The SMILES string of the molecule is CCCOc1ccccc1C(COC)NC. The molecule has 0 aliphatic rings. The number of benzene rings is 1. The summed E-state index contributed by atoms with van der Waals surface area (Å²) in [5.74, 6) is 0.945. The zero-order valence-electron chi connectivity index (χ0n) is 10.3. The van der Waals surface area contributed by atoms with Crippen molar-refractivity contribution >= 4 is 0 Å². The molecule has 0 aliphatic carbocycles. The largest absolute Gasteiger partial charge is 0.493 e. The maximum atomic E-state index is 5.72. The van der Waals surface area contributed by atoms with Crippen molar-refractivity contribution in [2.75, 3.05) is 27.4 Å². The molecule has 1 aromatic carbocycles. The molecule has 3 nitrogen and oxygen atoms in total. The maximum absolute atomic E-state index is 5.72. The molecule has 90 valence electrons. The van der Waals surface area contributed by atoms with E-state index in [1.165, 1.54) is 0 Å². The van der Waals surface area contributed by atoms with Crippen LogP contribution < -0.4 is 10.1 Å². The van der Waals surface area contributed by atoms with E-state index in [-0.39, 0.29) is 6.04 Å². The lowest BCUT2D eigenvalue weighted by Crippen LogP contribution is -2.21. The Morgan fingerprint density at radius 1 is 1.31 bits per heavy atom. The van der Waals surface area contributed by atoms with Gasteiger partial charge in [0.25, 0.3) is 0 Å². The summed E-state index contributed by atoms with van der Waals surface area (Å²) in [4.78, 5) is 0. The van der Waals surface area contributed by atoms with Gasteiger partial charge in [-0.3, -0.25) is 0 Å². The molecule has 0 aliphatic heterocycles. The van der Waals surface area contributed by atoms with E-state index in [1.54, 1.807) is 7.11 Å². The molecular formula is C13H21NO2. The Kier molecular flexibility index (Phi) is 5.90. The van der Waals surface area contributed by atoms with Gasteiger partial charge in [-0.05, 0) is 19.5 Å². The predicted molar refractivity (Wildman–Crippen MR) is 65.9 cm³/mol. The van der Waals surface area contributed by atoms with Gasteiger partial charge in [-0.25, -0.2) is 0 Å². The molecule has 0 bridgehead atoms. The van der Waals surface area contributed by atoms with Gasteiger partial charge in [0.2, 0.25) is 0 Å². The molecule has 0 saturated carbocycles. The number of ether oxygens (including phenoxy) is 2. The number of rotatable bonds is 7. The lowest BCUT2D eigenvalue weighted by molar-refractivity contribution is 0.168. The molecule has 0 heterocycles. The van der Waals surface area contributed by atoms with Crippen molar-refractivity contribution in [3.8, 4) is 5.75 Å². The van der Waals surface area contributed by atoms with Crippen LogP contribution in [0.15, 0.2) is 24.3 Å². The van der Waals surface area contributed by atoms with Gasteiger partial charge in [0, 0.05) is 12.7 Å². The molecule has 1 unspecified atom stereocenters. The molecule has 0 aromatic heterocycles. The fourth-order valence-electron chi connectivity index (χ4n) is 1.61. The fourth-order valence-corrected chi connectivity index (χ4v) is 1.61. The first kappa shape index (κ1) is 13.0. The molecule has 1 aromatic rings. The van der Waals surface area contributed by atoms with Crippen LogP contribution in [0.5, 0.6) is 5.75 Å². The minimum absolute atomic E-state index is 0.179. The van der Waals surface area contributed by atoms with Gasteiger partial charge in [-0.2, -0.15) is 0 Å². The zero-order valence-corrected chi connectivity index (χ0v) is 10.3. The molecule has 1 rings (SSSR count). The van der Waals surface area contributed by atoms with Crippen molar-refractivity contribution in [2.45, 2.75) is 19.4 Å². The van der Waals surface area contributed by atoms with Crippen LogP contribution in [0.3, 0.4) is 0 Å². The summed E-state index contributed by atoms with van der Waals surface area (Å²) in [7, 11) is 3.64. The molecule has 1 N–H and O–H groups in total. The molecule has 3 heteroatoms. The Balaban J connectivity index is 2.82.